The zero-order chi connectivity index (χ0) is 18.1. The minimum Gasteiger partial charge on any atom is -0.326 e. The highest BCUT2D eigenvalue weighted by Crippen LogP contribution is 2.40. The van der Waals surface area contributed by atoms with Gasteiger partial charge in [0, 0.05) is 17.4 Å². The second kappa shape index (κ2) is 6.76. The lowest BCUT2D eigenvalue weighted by Crippen LogP contribution is -2.20. The van der Waals surface area contributed by atoms with Crippen molar-refractivity contribution in [3.63, 3.8) is 0 Å². The van der Waals surface area contributed by atoms with Crippen LogP contribution in [-0.2, 0) is 9.59 Å². The van der Waals surface area contributed by atoms with Gasteiger partial charge in [-0.25, -0.2) is 13.2 Å². The fourth-order valence-electron chi connectivity index (χ4n) is 2.39. The van der Waals surface area contributed by atoms with Crippen molar-refractivity contribution in [2.75, 3.05) is 10.6 Å². The molecule has 0 aromatic heterocycles. The Hall–Kier alpha value is -2.54. The van der Waals surface area contributed by atoms with Gasteiger partial charge in [0.25, 0.3) is 0 Å². The van der Waals surface area contributed by atoms with Gasteiger partial charge in [-0.2, -0.15) is 0 Å². The van der Waals surface area contributed by atoms with E-state index in [1.165, 1.54) is 18.2 Å². The number of nitrogens with one attached hydrogen (secondary N) is 2. The predicted molar refractivity (Wildman–Crippen MR) is 86.6 cm³/mol. The van der Waals surface area contributed by atoms with E-state index in [1.54, 1.807) is 0 Å². The van der Waals surface area contributed by atoms with E-state index in [2.05, 4.69) is 10.6 Å². The third-order valence-electron chi connectivity index (χ3n) is 3.84. The Balaban J connectivity index is 1.57. The van der Waals surface area contributed by atoms with Gasteiger partial charge in [-0.15, -0.1) is 0 Å². The Kier molecular flexibility index (Phi) is 4.67. The number of carbonyl (C=O) groups is 2. The molecule has 2 atom stereocenters. The number of hydrogen-bond donors (Lipinski definition) is 2. The van der Waals surface area contributed by atoms with Crippen LogP contribution in [0, 0.1) is 29.3 Å². The lowest BCUT2D eigenvalue weighted by atomic mass is 10.2. The Morgan fingerprint density at radius 3 is 1.88 bits per heavy atom. The highest BCUT2D eigenvalue weighted by molar-refractivity contribution is 6.31. The molecular formula is C17H12ClF3N2O2. The van der Waals surface area contributed by atoms with E-state index in [4.69, 9.17) is 11.6 Å². The molecule has 1 saturated carbocycles. The molecule has 4 nitrogen and oxygen atoms in total. The number of anilines is 2. The maximum absolute atomic E-state index is 13.1. The van der Waals surface area contributed by atoms with Crippen molar-refractivity contribution in [1.82, 2.24) is 0 Å². The first-order valence-corrected chi connectivity index (χ1v) is 7.75. The van der Waals surface area contributed by atoms with Crippen LogP contribution in [0.25, 0.3) is 0 Å². The lowest BCUT2D eigenvalue weighted by molar-refractivity contribution is -0.122. The zero-order valence-corrected chi connectivity index (χ0v) is 13.4. The average molecular weight is 369 g/mol. The van der Waals surface area contributed by atoms with Crippen molar-refractivity contribution in [3.8, 4) is 0 Å². The van der Waals surface area contributed by atoms with Crippen LogP contribution in [0.15, 0.2) is 36.4 Å². The first-order valence-electron chi connectivity index (χ1n) is 7.37. The van der Waals surface area contributed by atoms with E-state index in [1.807, 2.05) is 0 Å². The number of benzene rings is 2. The van der Waals surface area contributed by atoms with Crippen molar-refractivity contribution < 1.29 is 22.8 Å². The first kappa shape index (κ1) is 17.3. The van der Waals surface area contributed by atoms with E-state index in [0.29, 0.717) is 12.1 Å². The Bertz CT molecular complexity index is 790. The SMILES string of the molecule is O=C(Nc1ccc(F)c(F)c1)C1CC1C(=O)Nc1ccc(F)c(Cl)c1. The molecule has 3 rings (SSSR count). The average Bonchev–Trinajstić information content (AvgIpc) is 3.35. The summed E-state index contributed by atoms with van der Waals surface area (Å²) in [6.45, 7) is 0. The van der Waals surface area contributed by atoms with Crippen molar-refractivity contribution >= 4 is 34.8 Å². The van der Waals surface area contributed by atoms with Gasteiger partial charge < -0.3 is 10.6 Å². The van der Waals surface area contributed by atoms with Crippen LogP contribution in [0.1, 0.15) is 6.42 Å². The fourth-order valence-corrected chi connectivity index (χ4v) is 2.57. The molecule has 2 N–H and O–H groups in total. The van der Waals surface area contributed by atoms with Crippen molar-refractivity contribution in [2.24, 2.45) is 11.8 Å². The topological polar surface area (TPSA) is 58.2 Å². The second-order valence-corrected chi connectivity index (χ2v) is 6.09. The molecular weight excluding hydrogens is 357 g/mol. The minimum atomic E-state index is -1.07. The number of amides is 2. The van der Waals surface area contributed by atoms with Gasteiger partial charge in [-0.3, -0.25) is 9.59 Å². The molecule has 1 aliphatic carbocycles. The van der Waals surface area contributed by atoms with Crippen molar-refractivity contribution in [2.45, 2.75) is 6.42 Å². The normalized spacial score (nSPS) is 18.6. The molecule has 0 radical (unpaired) electrons. The Morgan fingerprint density at radius 2 is 1.36 bits per heavy atom. The summed E-state index contributed by atoms with van der Waals surface area (Å²) in [5.74, 6) is -4.65. The maximum atomic E-state index is 13.1. The van der Waals surface area contributed by atoms with Crippen LogP contribution >= 0.6 is 11.6 Å². The van der Waals surface area contributed by atoms with Gasteiger partial charge in [0.15, 0.2) is 11.6 Å². The smallest absolute Gasteiger partial charge is 0.228 e. The number of carbonyl (C=O) groups excluding carboxylic acids is 2. The number of halogens is 4. The summed E-state index contributed by atoms with van der Waals surface area (Å²) in [5, 5.41) is 4.87. The van der Waals surface area contributed by atoms with Gasteiger partial charge in [-0.05, 0) is 36.8 Å². The van der Waals surface area contributed by atoms with E-state index in [9.17, 15) is 22.8 Å². The monoisotopic (exact) mass is 368 g/mol. The van der Waals surface area contributed by atoms with E-state index in [0.717, 1.165) is 18.2 Å². The van der Waals surface area contributed by atoms with Crippen LogP contribution in [0.5, 0.6) is 0 Å². The first-order chi connectivity index (χ1) is 11.8. The summed E-state index contributed by atoms with van der Waals surface area (Å²) < 4.78 is 39.1. The number of rotatable bonds is 4. The molecule has 8 heteroatoms. The summed E-state index contributed by atoms with van der Waals surface area (Å²) in [6.07, 6.45) is 0.330. The molecule has 0 heterocycles. The van der Waals surface area contributed by atoms with Crippen molar-refractivity contribution in [3.05, 3.63) is 58.9 Å². The van der Waals surface area contributed by atoms with E-state index < -0.39 is 41.1 Å². The largest absolute Gasteiger partial charge is 0.326 e. The molecule has 2 aromatic rings. The molecule has 0 saturated heterocycles. The van der Waals surface area contributed by atoms with Crippen LogP contribution in [0.3, 0.4) is 0 Å². The molecule has 2 aromatic carbocycles. The Morgan fingerprint density at radius 1 is 0.840 bits per heavy atom. The third kappa shape index (κ3) is 3.93. The lowest BCUT2D eigenvalue weighted by Gasteiger charge is -2.07. The van der Waals surface area contributed by atoms with Crippen LogP contribution in [0.4, 0.5) is 24.5 Å². The predicted octanol–water partition coefficient (Wildman–Crippen LogP) is 3.97. The molecule has 2 amide bonds. The van der Waals surface area contributed by atoms with Crippen LogP contribution in [-0.4, -0.2) is 11.8 Å². The maximum Gasteiger partial charge on any atom is 0.228 e. The Labute approximate surface area is 146 Å². The molecule has 130 valence electrons. The summed E-state index contributed by atoms with van der Waals surface area (Å²) in [7, 11) is 0. The highest BCUT2D eigenvalue weighted by atomic mass is 35.5. The number of hydrogen-bond acceptors (Lipinski definition) is 2. The quantitative estimate of drug-likeness (QED) is 0.858. The third-order valence-corrected chi connectivity index (χ3v) is 4.13. The zero-order valence-electron chi connectivity index (χ0n) is 12.7. The van der Waals surface area contributed by atoms with E-state index >= 15 is 0 Å². The fraction of sp³-hybridized carbons (Fsp3) is 0.176. The summed E-state index contributed by atoms with van der Waals surface area (Å²) in [4.78, 5) is 24.2. The second-order valence-electron chi connectivity index (χ2n) is 5.68. The van der Waals surface area contributed by atoms with Gasteiger partial charge in [0.2, 0.25) is 11.8 Å². The van der Waals surface area contributed by atoms with E-state index in [-0.39, 0.29) is 10.7 Å². The summed E-state index contributed by atoms with van der Waals surface area (Å²) in [6, 6.07) is 6.75. The molecule has 1 fully saturated rings. The summed E-state index contributed by atoms with van der Waals surface area (Å²) in [5.41, 5.74) is 0.434. The molecule has 1 aliphatic rings. The van der Waals surface area contributed by atoms with Crippen LogP contribution in [0.2, 0.25) is 5.02 Å². The molecule has 0 bridgehead atoms. The molecule has 25 heavy (non-hydrogen) atoms. The van der Waals surface area contributed by atoms with Gasteiger partial charge in [0.05, 0.1) is 16.9 Å². The highest BCUT2D eigenvalue weighted by Gasteiger charge is 2.48. The molecule has 0 spiro atoms. The molecule has 0 aliphatic heterocycles. The van der Waals surface area contributed by atoms with Gasteiger partial charge in [0.1, 0.15) is 5.82 Å². The van der Waals surface area contributed by atoms with Crippen molar-refractivity contribution in [1.29, 1.82) is 0 Å². The van der Waals surface area contributed by atoms with Crippen LogP contribution < -0.4 is 10.6 Å². The standard InChI is InChI=1S/C17H12ClF3N2O2/c18-12-5-8(1-3-13(12)19)22-16(24)10-7-11(10)17(25)23-9-2-4-14(20)15(21)6-9/h1-6,10-11H,7H2,(H,22,24)(H,23,25). The minimum absolute atomic E-state index is 0.111. The molecule has 2 unspecified atom stereocenters. The van der Waals surface area contributed by atoms with Gasteiger partial charge >= 0.3 is 0 Å². The van der Waals surface area contributed by atoms with Gasteiger partial charge in [-0.1, -0.05) is 11.6 Å². The summed E-state index contributed by atoms with van der Waals surface area (Å²) >= 11 is 5.64.